The third kappa shape index (κ3) is 10.8. The number of rotatable bonds is 7. The maximum Gasteiger partial charge on any atom is 0.373 e. The molecule has 1 atom stereocenters. The largest absolute Gasteiger partial charge is 0.481 e. The molecule has 1 rings (SSSR count). The van der Waals surface area contributed by atoms with Crippen LogP contribution < -0.4 is 0 Å². The second-order valence-corrected chi connectivity index (χ2v) is 6.52. The maximum absolute atomic E-state index is 11.3. The minimum atomic E-state index is -0.643. The Labute approximate surface area is 144 Å². The van der Waals surface area contributed by atoms with Gasteiger partial charge in [0.2, 0.25) is 0 Å². The fourth-order valence-electron chi connectivity index (χ4n) is 1.74. The molecule has 0 aliphatic carbocycles. The number of benzene rings is 1. The van der Waals surface area contributed by atoms with Gasteiger partial charge in [-0.1, -0.05) is 44.9 Å². The van der Waals surface area contributed by atoms with Gasteiger partial charge in [-0.25, -0.2) is 4.79 Å². The Kier molecular flexibility index (Phi) is 10.7. The van der Waals surface area contributed by atoms with Crippen molar-refractivity contribution in [1.29, 1.82) is 0 Å². The molecule has 5 nitrogen and oxygen atoms in total. The molecule has 0 aliphatic rings. The number of hydrogen-bond acceptors (Lipinski definition) is 4. The zero-order valence-electron chi connectivity index (χ0n) is 15.4. The van der Waals surface area contributed by atoms with Crippen molar-refractivity contribution in [3.8, 4) is 0 Å². The van der Waals surface area contributed by atoms with E-state index < -0.39 is 17.5 Å². The second kappa shape index (κ2) is 11.6. The maximum atomic E-state index is 11.3. The van der Waals surface area contributed by atoms with E-state index in [1.54, 1.807) is 24.3 Å². The van der Waals surface area contributed by atoms with Crippen LogP contribution in [0.2, 0.25) is 0 Å². The number of aliphatic carboxylic acids is 1. The molecule has 1 aromatic rings. The third-order valence-corrected chi connectivity index (χ3v) is 3.13. The highest BCUT2D eigenvalue weighted by molar-refractivity contribution is 5.88. The fourth-order valence-corrected chi connectivity index (χ4v) is 1.74. The summed E-state index contributed by atoms with van der Waals surface area (Å²) in [6, 6.07) is 8.73. The molecule has 0 aromatic heterocycles. The van der Waals surface area contributed by atoms with E-state index in [-0.39, 0.29) is 5.92 Å². The van der Waals surface area contributed by atoms with E-state index in [0.29, 0.717) is 5.56 Å². The molecular formula is C19H30O5. The summed E-state index contributed by atoms with van der Waals surface area (Å²) in [5, 5.41) is 8.60. The van der Waals surface area contributed by atoms with Crippen molar-refractivity contribution in [2.24, 2.45) is 5.92 Å². The van der Waals surface area contributed by atoms with Crippen LogP contribution in [-0.4, -0.2) is 22.6 Å². The number of carbonyl (C=O) groups excluding carboxylic acids is 1. The average Bonchev–Trinajstić information content (AvgIpc) is 2.54. The van der Waals surface area contributed by atoms with Crippen LogP contribution in [0.15, 0.2) is 30.3 Å². The molecule has 0 fully saturated rings. The minimum absolute atomic E-state index is 0.111. The molecule has 1 aromatic carbocycles. The molecule has 0 amide bonds. The van der Waals surface area contributed by atoms with Gasteiger partial charge in [0, 0.05) is 0 Å². The number of carboxylic acids is 1. The Morgan fingerprint density at radius 2 is 1.71 bits per heavy atom. The number of hydrogen-bond donors (Lipinski definition) is 1. The number of carboxylic acid groups (broad SMARTS) is 1. The van der Waals surface area contributed by atoms with E-state index in [0.717, 1.165) is 25.7 Å². The lowest BCUT2D eigenvalue weighted by Gasteiger charge is -2.16. The molecule has 0 aliphatic heterocycles. The minimum Gasteiger partial charge on any atom is -0.481 e. The van der Waals surface area contributed by atoms with Gasteiger partial charge in [0.1, 0.15) is 5.60 Å². The van der Waals surface area contributed by atoms with Gasteiger partial charge in [-0.15, -0.1) is 0 Å². The average molecular weight is 338 g/mol. The molecule has 0 saturated carbocycles. The van der Waals surface area contributed by atoms with E-state index >= 15 is 0 Å². The highest BCUT2D eigenvalue weighted by Crippen LogP contribution is 2.12. The Bertz CT molecular complexity index is 476. The summed E-state index contributed by atoms with van der Waals surface area (Å²) in [6.45, 7) is 9.44. The lowest BCUT2D eigenvalue weighted by molar-refractivity contribution is -0.301. The van der Waals surface area contributed by atoms with E-state index in [9.17, 15) is 9.59 Å². The molecule has 0 saturated heterocycles. The van der Waals surface area contributed by atoms with E-state index in [1.807, 2.05) is 33.8 Å². The SMILES string of the molecule is CC(C)(C)OOC(=O)c1ccccc1.CCCCC(CC)C(=O)O. The van der Waals surface area contributed by atoms with Crippen molar-refractivity contribution < 1.29 is 24.5 Å². The first-order chi connectivity index (χ1) is 11.2. The summed E-state index contributed by atoms with van der Waals surface area (Å²) in [6.07, 6.45) is 3.71. The first-order valence-corrected chi connectivity index (χ1v) is 8.39. The van der Waals surface area contributed by atoms with Gasteiger partial charge in [-0.2, -0.15) is 4.89 Å². The fraction of sp³-hybridized carbons (Fsp3) is 0.579. The van der Waals surface area contributed by atoms with Crippen LogP contribution in [0.1, 0.15) is 70.7 Å². The third-order valence-electron chi connectivity index (χ3n) is 3.13. The summed E-state index contributed by atoms with van der Waals surface area (Å²) in [5.41, 5.74) is 0.00140. The number of unbranched alkanes of at least 4 members (excludes halogenated alkanes) is 1. The molecule has 1 unspecified atom stereocenters. The molecular weight excluding hydrogens is 308 g/mol. The molecule has 0 spiro atoms. The van der Waals surface area contributed by atoms with Crippen molar-refractivity contribution in [2.75, 3.05) is 0 Å². The number of carbonyl (C=O) groups is 2. The van der Waals surface area contributed by atoms with Crippen molar-refractivity contribution in [1.82, 2.24) is 0 Å². The van der Waals surface area contributed by atoms with E-state index in [4.69, 9.17) is 9.99 Å². The van der Waals surface area contributed by atoms with Crippen molar-refractivity contribution in [3.05, 3.63) is 35.9 Å². The predicted molar refractivity (Wildman–Crippen MR) is 93.6 cm³/mol. The zero-order chi connectivity index (χ0) is 18.6. The topological polar surface area (TPSA) is 72.8 Å². The first-order valence-electron chi connectivity index (χ1n) is 8.39. The van der Waals surface area contributed by atoms with Crippen molar-refractivity contribution in [2.45, 2.75) is 65.9 Å². The second-order valence-electron chi connectivity index (χ2n) is 6.52. The Morgan fingerprint density at radius 3 is 2.12 bits per heavy atom. The van der Waals surface area contributed by atoms with Crippen molar-refractivity contribution in [3.63, 3.8) is 0 Å². The van der Waals surface area contributed by atoms with Crippen LogP contribution in [-0.2, 0) is 14.6 Å². The molecule has 5 heteroatoms. The van der Waals surface area contributed by atoms with Crippen LogP contribution >= 0.6 is 0 Å². The van der Waals surface area contributed by atoms with Gasteiger partial charge in [-0.05, 0) is 45.7 Å². The quantitative estimate of drug-likeness (QED) is 0.567. The summed E-state index contributed by atoms with van der Waals surface area (Å²) in [7, 11) is 0. The van der Waals surface area contributed by atoms with E-state index in [1.165, 1.54) is 0 Å². The van der Waals surface area contributed by atoms with E-state index in [2.05, 4.69) is 11.8 Å². The summed E-state index contributed by atoms with van der Waals surface area (Å²) in [5.74, 6) is -1.23. The molecule has 1 N–H and O–H groups in total. The van der Waals surface area contributed by atoms with Crippen LogP contribution in [0.25, 0.3) is 0 Å². The van der Waals surface area contributed by atoms with Crippen LogP contribution in [0.3, 0.4) is 0 Å². The van der Waals surface area contributed by atoms with Gasteiger partial charge in [0.25, 0.3) is 0 Å². The lowest BCUT2D eigenvalue weighted by atomic mass is 10.00. The Balaban J connectivity index is 0.000000470. The van der Waals surface area contributed by atoms with Gasteiger partial charge in [0.05, 0.1) is 11.5 Å². The monoisotopic (exact) mass is 338 g/mol. The Morgan fingerprint density at radius 1 is 1.12 bits per heavy atom. The van der Waals surface area contributed by atoms with Crippen LogP contribution in [0, 0.1) is 5.92 Å². The van der Waals surface area contributed by atoms with Gasteiger partial charge in [0.15, 0.2) is 0 Å². The lowest BCUT2D eigenvalue weighted by Crippen LogP contribution is -2.21. The summed E-state index contributed by atoms with van der Waals surface area (Å²) < 4.78 is 0. The standard InChI is InChI=1S/C11H14O3.C8H16O2/c1-11(2,3)14-13-10(12)9-7-5-4-6-8-9;1-3-5-6-7(4-2)8(9)10/h4-8H,1-3H3;7H,3-6H2,1-2H3,(H,9,10). The van der Waals surface area contributed by atoms with Gasteiger partial charge >= 0.3 is 11.9 Å². The van der Waals surface area contributed by atoms with Crippen LogP contribution in [0.4, 0.5) is 0 Å². The van der Waals surface area contributed by atoms with Crippen molar-refractivity contribution >= 4 is 11.9 Å². The molecule has 0 radical (unpaired) electrons. The normalized spacial score (nSPS) is 11.9. The Hall–Kier alpha value is -1.88. The zero-order valence-corrected chi connectivity index (χ0v) is 15.4. The predicted octanol–water partition coefficient (Wildman–Crippen LogP) is 4.86. The summed E-state index contributed by atoms with van der Waals surface area (Å²) in [4.78, 5) is 31.3. The summed E-state index contributed by atoms with van der Waals surface area (Å²) >= 11 is 0. The smallest absolute Gasteiger partial charge is 0.373 e. The van der Waals surface area contributed by atoms with Gasteiger partial charge in [-0.3, -0.25) is 9.68 Å². The molecule has 0 heterocycles. The van der Waals surface area contributed by atoms with Crippen LogP contribution in [0.5, 0.6) is 0 Å². The molecule has 0 bridgehead atoms. The highest BCUT2D eigenvalue weighted by Gasteiger charge is 2.16. The highest BCUT2D eigenvalue weighted by atomic mass is 17.2. The van der Waals surface area contributed by atoms with Gasteiger partial charge < -0.3 is 5.11 Å². The molecule has 24 heavy (non-hydrogen) atoms. The first kappa shape index (κ1) is 22.1. The molecule has 136 valence electrons.